The molecular formula is C22H20N3O4S-. The monoisotopic (exact) mass is 422 g/mol. The fourth-order valence-electron chi connectivity index (χ4n) is 3.36. The minimum atomic E-state index is -2.56. The van der Waals surface area contributed by atoms with Gasteiger partial charge in [-0.3, -0.25) is 18.3 Å². The van der Waals surface area contributed by atoms with Crippen LogP contribution in [-0.2, 0) is 24.2 Å². The van der Waals surface area contributed by atoms with Gasteiger partial charge in [-0.15, -0.1) is 0 Å². The number of hydrogen-bond donors (Lipinski definition) is 1. The Morgan fingerprint density at radius 1 is 1.27 bits per heavy atom. The van der Waals surface area contributed by atoms with Crippen LogP contribution in [0.15, 0.2) is 60.9 Å². The first-order valence-electron chi connectivity index (χ1n) is 9.46. The topological polar surface area (TPSA) is 94.6 Å². The van der Waals surface area contributed by atoms with Gasteiger partial charge in [0.2, 0.25) is 0 Å². The Bertz CT molecular complexity index is 1100. The number of pyridine rings is 1. The molecule has 0 bridgehead atoms. The number of nitrogens with one attached hydrogen (secondary N) is 1. The number of ether oxygens (including phenoxy) is 1. The molecule has 0 saturated carbocycles. The minimum absolute atomic E-state index is 0.293. The second kappa shape index (κ2) is 8.64. The Hall–Kier alpha value is -3.23. The van der Waals surface area contributed by atoms with Gasteiger partial charge in [0.15, 0.2) is 0 Å². The average Bonchev–Trinajstić information content (AvgIpc) is 3.22. The van der Waals surface area contributed by atoms with Gasteiger partial charge in [-0.25, -0.2) is 0 Å². The van der Waals surface area contributed by atoms with Crippen LogP contribution in [-0.4, -0.2) is 26.3 Å². The SMILES string of the molecule is Cc1ccc(C(=O)NCc2cccnc2)cc1N(c1ccc2c(c1)CCO2)S(=O)[O-]. The molecule has 0 aliphatic carbocycles. The molecule has 1 aliphatic heterocycles. The summed E-state index contributed by atoms with van der Waals surface area (Å²) in [6.45, 7) is 2.73. The molecule has 0 spiro atoms. The van der Waals surface area contributed by atoms with Crippen molar-refractivity contribution in [2.24, 2.45) is 0 Å². The van der Waals surface area contributed by atoms with E-state index in [9.17, 15) is 13.6 Å². The normalized spacial score (nSPS) is 13.3. The lowest BCUT2D eigenvalue weighted by atomic mass is 10.1. The van der Waals surface area contributed by atoms with Gasteiger partial charge in [0.25, 0.3) is 5.91 Å². The van der Waals surface area contributed by atoms with Crippen LogP contribution in [0.4, 0.5) is 11.4 Å². The lowest BCUT2D eigenvalue weighted by Crippen LogP contribution is -2.24. The Labute approximate surface area is 177 Å². The summed E-state index contributed by atoms with van der Waals surface area (Å²) in [6, 6.07) is 14.0. The molecule has 4 rings (SSSR count). The van der Waals surface area contributed by atoms with Gasteiger partial charge >= 0.3 is 0 Å². The van der Waals surface area contributed by atoms with Gasteiger partial charge in [0, 0.05) is 30.9 Å². The highest BCUT2D eigenvalue weighted by molar-refractivity contribution is 7.81. The summed E-state index contributed by atoms with van der Waals surface area (Å²) in [7, 11) is 0. The van der Waals surface area contributed by atoms with Crippen LogP contribution >= 0.6 is 0 Å². The number of carbonyl (C=O) groups is 1. The molecule has 8 heteroatoms. The van der Waals surface area contributed by atoms with E-state index in [1.54, 1.807) is 48.8 Å². The van der Waals surface area contributed by atoms with Crippen molar-refractivity contribution < 1.29 is 18.3 Å². The molecule has 1 atom stereocenters. The first kappa shape index (κ1) is 20.1. The third-order valence-corrected chi connectivity index (χ3v) is 5.63. The quantitative estimate of drug-likeness (QED) is 0.616. The molecule has 1 aliphatic rings. The molecule has 1 amide bonds. The molecule has 7 nitrogen and oxygen atoms in total. The smallest absolute Gasteiger partial charge is 0.251 e. The highest BCUT2D eigenvalue weighted by atomic mass is 32.2. The molecule has 2 heterocycles. The van der Waals surface area contributed by atoms with Crippen LogP contribution in [0.1, 0.15) is 27.0 Å². The summed E-state index contributed by atoms with van der Waals surface area (Å²) in [5, 5.41) is 2.84. The maximum absolute atomic E-state index is 12.6. The summed E-state index contributed by atoms with van der Waals surface area (Å²) in [5.74, 6) is 0.481. The summed E-state index contributed by atoms with van der Waals surface area (Å²) < 4.78 is 31.0. The molecule has 0 radical (unpaired) electrons. The average molecular weight is 422 g/mol. The van der Waals surface area contributed by atoms with E-state index >= 15 is 0 Å². The van der Waals surface area contributed by atoms with Gasteiger partial charge in [-0.2, -0.15) is 0 Å². The number of fused-ring (bicyclic) bond motifs is 1. The van der Waals surface area contributed by atoms with Crippen LogP contribution in [0.25, 0.3) is 0 Å². The highest BCUT2D eigenvalue weighted by Gasteiger charge is 2.19. The Morgan fingerprint density at radius 3 is 2.90 bits per heavy atom. The molecule has 0 fully saturated rings. The minimum Gasteiger partial charge on any atom is -0.755 e. The Balaban J connectivity index is 1.62. The van der Waals surface area contributed by atoms with Crippen molar-refractivity contribution in [3.8, 4) is 5.75 Å². The molecule has 1 aromatic heterocycles. The summed E-state index contributed by atoms with van der Waals surface area (Å²) >= 11 is -2.56. The number of rotatable bonds is 6. The lowest BCUT2D eigenvalue weighted by Gasteiger charge is -2.28. The molecule has 0 saturated heterocycles. The van der Waals surface area contributed by atoms with E-state index in [4.69, 9.17) is 4.74 Å². The fraction of sp³-hybridized carbons (Fsp3) is 0.182. The molecule has 1 unspecified atom stereocenters. The third kappa shape index (κ3) is 4.19. The molecule has 30 heavy (non-hydrogen) atoms. The number of benzene rings is 2. The van der Waals surface area contributed by atoms with Crippen molar-refractivity contribution >= 4 is 28.5 Å². The van der Waals surface area contributed by atoms with E-state index in [1.165, 1.54) is 4.31 Å². The van der Waals surface area contributed by atoms with Crippen LogP contribution in [0.2, 0.25) is 0 Å². The molecule has 1 N–H and O–H groups in total. The van der Waals surface area contributed by atoms with Crippen LogP contribution < -0.4 is 14.4 Å². The number of amides is 1. The summed E-state index contributed by atoms with van der Waals surface area (Å²) in [6.07, 6.45) is 4.08. The van der Waals surface area contributed by atoms with Crippen molar-refractivity contribution in [3.05, 3.63) is 83.2 Å². The standard InChI is InChI=1S/C22H21N3O4S/c1-15-4-5-18(22(26)24-14-16-3-2-9-23-13-16)12-20(15)25(30(27)28)19-6-7-21-17(11-19)8-10-29-21/h2-7,9,11-13H,8,10,14H2,1H3,(H,24,26)(H,27,28)/p-1. The van der Waals surface area contributed by atoms with Crippen LogP contribution in [0, 0.1) is 6.92 Å². The van der Waals surface area contributed by atoms with E-state index in [0.717, 1.165) is 28.9 Å². The third-order valence-electron chi connectivity index (χ3n) is 4.92. The summed E-state index contributed by atoms with van der Waals surface area (Å²) in [4.78, 5) is 16.7. The zero-order chi connectivity index (χ0) is 21.1. The first-order valence-corrected chi connectivity index (χ1v) is 10.5. The van der Waals surface area contributed by atoms with Gasteiger partial charge in [-0.1, -0.05) is 12.1 Å². The number of carbonyl (C=O) groups excluding carboxylic acids is 1. The zero-order valence-corrected chi connectivity index (χ0v) is 17.1. The number of anilines is 2. The summed E-state index contributed by atoms with van der Waals surface area (Å²) in [5.41, 5.74) is 3.88. The predicted octanol–water partition coefficient (Wildman–Crippen LogP) is 3.19. The number of hydrogen-bond acceptors (Lipinski definition) is 5. The predicted molar refractivity (Wildman–Crippen MR) is 113 cm³/mol. The zero-order valence-electron chi connectivity index (χ0n) is 16.3. The fourth-order valence-corrected chi connectivity index (χ4v) is 4.00. The van der Waals surface area contributed by atoms with Crippen molar-refractivity contribution in [3.63, 3.8) is 0 Å². The molecule has 154 valence electrons. The van der Waals surface area contributed by atoms with Crippen molar-refractivity contribution in [1.29, 1.82) is 0 Å². The van der Waals surface area contributed by atoms with Gasteiger partial charge in [-0.05, 0) is 60.0 Å². The second-order valence-electron chi connectivity index (χ2n) is 6.95. The largest absolute Gasteiger partial charge is 0.755 e. The Kier molecular flexibility index (Phi) is 5.78. The van der Waals surface area contributed by atoms with Gasteiger partial charge < -0.3 is 14.6 Å². The van der Waals surface area contributed by atoms with Crippen molar-refractivity contribution in [2.75, 3.05) is 10.9 Å². The first-order chi connectivity index (χ1) is 14.5. The van der Waals surface area contributed by atoms with E-state index in [0.29, 0.717) is 30.1 Å². The molecule has 3 aromatic rings. The van der Waals surface area contributed by atoms with E-state index in [-0.39, 0.29) is 5.91 Å². The van der Waals surface area contributed by atoms with E-state index < -0.39 is 11.3 Å². The maximum Gasteiger partial charge on any atom is 0.251 e. The molecule has 2 aromatic carbocycles. The van der Waals surface area contributed by atoms with Gasteiger partial charge in [0.1, 0.15) is 5.75 Å². The van der Waals surface area contributed by atoms with Gasteiger partial charge in [0.05, 0.1) is 29.2 Å². The Morgan fingerprint density at radius 2 is 2.13 bits per heavy atom. The van der Waals surface area contributed by atoms with Crippen LogP contribution in [0.5, 0.6) is 5.75 Å². The number of aryl methyl sites for hydroxylation is 1. The lowest BCUT2D eigenvalue weighted by molar-refractivity contribution is 0.0951. The molecular weight excluding hydrogens is 402 g/mol. The maximum atomic E-state index is 12.6. The highest BCUT2D eigenvalue weighted by Crippen LogP contribution is 2.35. The number of nitrogens with zero attached hydrogens (tertiary/aromatic N) is 2. The van der Waals surface area contributed by atoms with Crippen molar-refractivity contribution in [2.45, 2.75) is 19.9 Å². The number of aromatic nitrogens is 1. The van der Waals surface area contributed by atoms with E-state index in [1.807, 2.05) is 19.1 Å². The van der Waals surface area contributed by atoms with Crippen molar-refractivity contribution in [1.82, 2.24) is 10.3 Å². The van der Waals surface area contributed by atoms with Crippen LogP contribution in [0.3, 0.4) is 0 Å². The van der Waals surface area contributed by atoms with E-state index in [2.05, 4.69) is 10.3 Å². The second-order valence-corrected chi connectivity index (χ2v) is 7.75.